The summed E-state index contributed by atoms with van der Waals surface area (Å²) < 4.78 is 0. The maximum absolute atomic E-state index is 10.8. The van der Waals surface area contributed by atoms with Gasteiger partial charge in [-0.1, -0.05) is 19.4 Å². The molecule has 15 heavy (non-hydrogen) atoms. The zero-order valence-electron chi connectivity index (χ0n) is 8.99. The third kappa shape index (κ3) is 2.81. The summed E-state index contributed by atoms with van der Waals surface area (Å²) in [5, 5.41) is 17.6. The van der Waals surface area contributed by atoms with Crippen LogP contribution in [0.2, 0.25) is 0 Å². The van der Waals surface area contributed by atoms with Crippen LogP contribution in [0, 0.1) is 11.3 Å². The van der Waals surface area contributed by atoms with Crippen LogP contribution in [0.5, 0.6) is 0 Å². The minimum atomic E-state index is -0.952. The largest absolute Gasteiger partial charge is 0.481 e. The second-order valence-corrected chi connectivity index (χ2v) is 4.67. The molecule has 1 aliphatic carbocycles. The van der Waals surface area contributed by atoms with Crippen LogP contribution in [0.4, 0.5) is 0 Å². The number of carboxylic acids is 2. The maximum atomic E-state index is 10.8. The molecule has 4 heteroatoms. The first-order valence-electron chi connectivity index (χ1n) is 5.00. The van der Waals surface area contributed by atoms with E-state index in [-0.39, 0.29) is 11.3 Å². The number of carboxylic acid groups (broad SMARTS) is 2. The summed E-state index contributed by atoms with van der Waals surface area (Å²) in [6.07, 6.45) is 2.84. The number of allylic oxidation sites excluding steroid dienone is 1. The fourth-order valence-corrected chi connectivity index (χ4v) is 2.14. The van der Waals surface area contributed by atoms with E-state index in [1.807, 2.05) is 13.8 Å². The third-order valence-electron chi connectivity index (χ3n) is 3.04. The Kier molecular flexibility index (Phi) is 3.17. The van der Waals surface area contributed by atoms with Gasteiger partial charge < -0.3 is 10.2 Å². The van der Waals surface area contributed by atoms with Crippen LogP contribution < -0.4 is 0 Å². The van der Waals surface area contributed by atoms with Crippen molar-refractivity contribution in [3.05, 3.63) is 11.6 Å². The predicted octanol–water partition coefficient (Wildman–Crippen LogP) is 1.91. The van der Waals surface area contributed by atoms with Crippen molar-refractivity contribution in [2.45, 2.75) is 33.1 Å². The van der Waals surface area contributed by atoms with Crippen molar-refractivity contribution in [1.29, 1.82) is 0 Å². The number of aliphatic carboxylic acids is 2. The van der Waals surface area contributed by atoms with Gasteiger partial charge in [-0.05, 0) is 24.7 Å². The first kappa shape index (κ1) is 11.8. The van der Waals surface area contributed by atoms with E-state index in [2.05, 4.69) is 0 Å². The van der Waals surface area contributed by atoms with Gasteiger partial charge in [0.25, 0.3) is 0 Å². The normalized spacial score (nSPS) is 27.6. The predicted molar refractivity (Wildman–Crippen MR) is 54.5 cm³/mol. The molecule has 1 saturated carbocycles. The molecule has 1 unspecified atom stereocenters. The molecule has 0 radical (unpaired) electrons. The van der Waals surface area contributed by atoms with E-state index >= 15 is 0 Å². The quantitative estimate of drug-likeness (QED) is 0.685. The van der Waals surface area contributed by atoms with Crippen molar-refractivity contribution in [1.82, 2.24) is 0 Å². The molecule has 1 rings (SSSR count). The van der Waals surface area contributed by atoms with Crippen LogP contribution >= 0.6 is 0 Å². The van der Waals surface area contributed by atoms with E-state index in [0.29, 0.717) is 19.3 Å². The van der Waals surface area contributed by atoms with Crippen molar-refractivity contribution in [2.24, 2.45) is 11.3 Å². The van der Waals surface area contributed by atoms with E-state index < -0.39 is 11.9 Å². The molecule has 1 aliphatic rings. The lowest BCUT2D eigenvalue weighted by Gasteiger charge is -2.36. The van der Waals surface area contributed by atoms with Crippen LogP contribution in [0.3, 0.4) is 0 Å². The van der Waals surface area contributed by atoms with Gasteiger partial charge >= 0.3 is 11.9 Å². The first-order valence-corrected chi connectivity index (χ1v) is 5.00. The van der Waals surface area contributed by atoms with E-state index in [9.17, 15) is 9.59 Å². The summed E-state index contributed by atoms with van der Waals surface area (Å²) in [4.78, 5) is 21.4. The van der Waals surface area contributed by atoms with Gasteiger partial charge in [0.1, 0.15) is 0 Å². The Labute approximate surface area is 88.6 Å². The molecular formula is C11H16O4. The summed E-state index contributed by atoms with van der Waals surface area (Å²) in [7, 11) is 0. The topological polar surface area (TPSA) is 74.6 Å². The minimum Gasteiger partial charge on any atom is -0.481 e. The Hall–Kier alpha value is -1.32. The molecule has 0 spiro atoms. The van der Waals surface area contributed by atoms with Crippen LogP contribution in [0.25, 0.3) is 0 Å². The molecule has 0 aromatic rings. The second-order valence-electron chi connectivity index (χ2n) is 4.67. The Bertz CT molecular complexity index is 315. The number of hydrogen-bond donors (Lipinski definition) is 2. The number of hydrogen-bond acceptors (Lipinski definition) is 2. The van der Waals surface area contributed by atoms with E-state index in [1.165, 1.54) is 6.08 Å². The molecule has 0 aliphatic heterocycles. The highest BCUT2D eigenvalue weighted by atomic mass is 16.4. The molecular weight excluding hydrogens is 196 g/mol. The molecule has 1 atom stereocenters. The summed E-state index contributed by atoms with van der Waals surface area (Å²) in [5.41, 5.74) is 0.521. The van der Waals surface area contributed by atoms with Gasteiger partial charge in [-0.15, -0.1) is 0 Å². The lowest BCUT2D eigenvalue weighted by Crippen LogP contribution is -2.30. The van der Waals surface area contributed by atoms with Crippen LogP contribution in [-0.2, 0) is 9.59 Å². The molecule has 0 bridgehead atoms. The van der Waals surface area contributed by atoms with Crippen molar-refractivity contribution in [3.8, 4) is 0 Å². The molecule has 2 N–H and O–H groups in total. The van der Waals surface area contributed by atoms with Crippen LogP contribution in [0.15, 0.2) is 11.6 Å². The molecule has 0 aromatic carbocycles. The number of rotatable bonds is 2. The molecule has 0 saturated heterocycles. The minimum absolute atomic E-state index is 0.320. The van der Waals surface area contributed by atoms with Gasteiger partial charge in [0.15, 0.2) is 0 Å². The van der Waals surface area contributed by atoms with Crippen LogP contribution in [0.1, 0.15) is 33.1 Å². The molecule has 0 aromatic heterocycles. The lowest BCUT2D eigenvalue weighted by atomic mass is 9.68. The third-order valence-corrected chi connectivity index (χ3v) is 3.04. The van der Waals surface area contributed by atoms with Gasteiger partial charge in [-0.2, -0.15) is 0 Å². The van der Waals surface area contributed by atoms with Crippen molar-refractivity contribution < 1.29 is 19.8 Å². The Morgan fingerprint density at radius 2 is 2.00 bits per heavy atom. The molecule has 4 nitrogen and oxygen atoms in total. The van der Waals surface area contributed by atoms with Gasteiger partial charge in [-0.3, -0.25) is 4.79 Å². The zero-order valence-corrected chi connectivity index (χ0v) is 8.99. The van der Waals surface area contributed by atoms with E-state index in [4.69, 9.17) is 10.2 Å². The van der Waals surface area contributed by atoms with Gasteiger partial charge in [0.05, 0.1) is 5.92 Å². The molecule has 0 amide bonds. The average Bonchev–Trinajstić information content (AvgIpc) is 2.07. The summed E-state index contributed by atoms with van der Waals surface area (Å²) >= 11 is 0. The average molecular weight is 212 g/mol. The van der Waals surface area contributed by atoms with Crippen molar-refractivity contribution >= 4 is 11.9 Å². The van der Waals surface area contributed by atoms with Gasteiger partial charge in [-0.25, -0.2) is 4.79 Å². The first-order chi connectivity index (χ1) is 6.83. The fraction of sp³-hybridized carbons (Fsp3) is 0.636. The fourth-order valence-electron chi connectivity index (χ4n) is 2.14. The summed E-state index contributed by atoms with van der Waals surface area (Å²) in [5.74, 6) is -2.07. The standard InChI is InChI=1S/C11H16O4/c1-11(2)6-7(10(14)15)3-4-8(11)5-9(12)13/h5,7H,3-4,6H2,1-2H3,(H,12,13)(H,14,15). The highest BCUT2D eigenvalue weighted by Crippen LogP contribution is 2.42. The van der Waals surface area contributed by atoms with Crippen molar-refractivity contribution in [3.63, 3.8) is 0 Å². The molecule has 1 fully saturated rings. The highest BCUT2D eigenvalue weighted by Gasteiger charge is 2.35. The Morgan fingerprint density at radius 1 is 1.40 bits per heavy atom. The lowest BCUT2D eigenvalue weighted by molar-refractivity contribution is -0.143. The molecule has 84 valence electrons. The highest BCUT2D eigenvalue weighted by molar-refractivity contribution is 5.81. The van der Waals surface area contributed by atoms with Gasteiger partial charge in [0, 0.05) is 6.08 Å². The van der Waals surface area contributed by atoms with E-state index in [0.717, 1.165) is 5.57 Å². The summed E-state index contributed by atoms with van der Waals surface area (Å²) in [6.45, 7) is 3.80. The second kappa shape index (κ2) is 4.04. The monoisotopic (exact) mass is 212 g/mol. The van der Waals surface area contributed by atoms with E-state index in [1.54, 1.807) is 0 Å². The maximum Gasteiger partial charge on any atom is 0.328 e. The van der Waals surface area contributed by atoms with Crippen molar-refractivity contribution in [2.75, 3.05) is 0 Å². The Balaban J connectivity index is 2.84. The van der Waals surface area contributed by atoms with Gasteiger partial charge in [0.2, 0.25) is 0 Å². The SMILES string of the molecule is CC1(C)CC(C(=O)O)CCC1=CC(=O)O. The summed E-state index contributed by atoms with van der Waals surface area (Å²) in [6, 6.07) is 0. The van der Waals surface area contributed by atoms with Crippen LogP contribution in [-0.4, -0.2) is 22.2 Å². The smallest absolute Gasteiger partial charge is 0.328 e. The number of carbonyl (C=O) groups is 2. The Morgan fingerprint density at radius 3 is 2.40 bits per heavy atom. The zero-order chi connectivity index (χ0) is 11.6. The molecule has 0 heterocycles.